The number of benzene rings is 1. The molecule has 2 N–H and O–H groups in total. The highest BCUT2D eigenvalue weighted by Gasteiger charge is 2.22. The second-order valence-electron chi connectivity index (χ2n) is 5.23. The van der Waals surface area contributed by atoms with Crippen LogP contribution in [0.15, 0.2) is 24.3 Å². The fourth-order valence-corrected chi connectivity index (χ4v) is 2.65. The molecule has 2 rings (SSSR count). The van der Waals surface area contributed by atoms with Crippen molar-refractivity contribution in [3.8, 4) is 0 Å². The zero-order valence-electron chi connectivity index (χ0n) is 11.0. The molecule has 0 aliphatic carbocycles. The van der Waals surface area contributed by atoms with Gasteiger partial charge in [-0.25, -0.2) is 0 Å². The van der Waals surface area contributed by atoms with Crippen LogP contribution >= 0.6 is 0 Å². The number of para-hydroxylation sites is 1. The molecule has 0 amide bonds. The topological polar surface area (TPSA) is 29.3 Å². The van der Waals surface area contributed by atoms with E-state index in [1.807, 2.05) is 0 Å². The van der Waals surface area contributed by atoms with Gasteiger partial charge in [0.2, 0.25) is 0 Å². The molecule has 0 radical (unpaired) electrons. The van der Waals surface area contributed by atoms with Gasteiger partial charge in [-0.1, -0.05) is 25.1 Å². The van der Waals surface area contributed by atoms with Crippen LogP contribution in [0, 0.1) is 5.92 Å². The van der Waals surface area contributed by atoms with Crippen molar-refractivity contribution in [1.29, 1.82) is 0 Å². The maximum absolute atomic E-state index is 5.81. The lowest BCUT2D eigenvalue weighted by Gasteiger charge is -2.35. The SMILES string of the molecule is CC(CN)C(C)N1CCCCc2ccccc21. The first kappa shape index (κ1) is 12.4. The lowest BCUT2D eigenvalue weighted by Crippen LogP contribution is -2.40. The Hall–Kier alpha value is -1.02. The number of rotatable bonds is 3. The minimum atomic E-state index is 0.527. The van der Waals surface area contributed by atoms with Crippen LogP contribution in [-0.4, -0.2) is 19.1 Å². The van der Waals surface area contributed by atoms with Gasteiger partial charge in [-0.15, -0.1) is 0 Å². The van der Waals surface area contributed by atoms with E-state index >= 15 is 0 Å². The third-order valence-electron chi connectivity index (χ3n) is 4.08. The maximum atomic E-state index is 5.81. The summed E-state index contributed by atoms with van der Waals surface area (Å²) in [5, 5.41) is 0. The highest BCUT2D eigenvalue weighted by Crippen LogP contribution is 2.29. The third kappa shape index (κ3) is 2.63. The van der Waals surface area contributed by atoms with E-state index in [1.165, 1.54) is 37.1 Å². The molecule has 0 bridgehead atoms. The van der Waals surface area contributed by atoms with Gasteiger partial charge in [0.1, 0.15) is 0 Å². The number of anilines is 1. The minimum absolute atomic E-state index is 0.527. The van der Waals surface area contributed by atoms with Crippen LogP contribution < -0.4 is 10.6 Å². The van der Waals surface area contributed by atoms with Crippen molar-refractivity contribution in [2.45, 2.75) is 39.2 Å². The Kier molecular flexibility index (Phi) is 4.06. The lowest BCUT2D eigenvalue weighted by atomic mass is 10.0. The highest BCUT2D eigenvalue weighted by molar-refractivity contribution is 5.55. The molecule has 0 fully saturated rings. The van der Waals surface area contributed by atoms with E-state index in [4.69, 9.17) is 5.73 Å². The van der Waals surface area contributed by atoms with Crippen LogP contribution in [0.3, 0.4) is 0 Å². The summed E-state index contributed by atoms with van der Waals surface area (Å²) in [6.07, 6.45) is 3.81. The zero-order chi connectivity index (χ0) is 12.3. The Bertz CT molecular complexity index is 362. The fourth-order valence-electron chi connectivity index (χ4n) is 2.65. The molecule has 2 nitrogen and oxygen atoms in total. The number of hydrogen-bond acceptors (Lipinski definition) is 2. The monoisotopic (exact) mass is 232 g/mol. The van der Waals surface area contributed by atoms with Gasteiger partial charge in [0.05, 0.1) is 0 Å². The zero-order valence-corrected chi connectivity index (χ0v) is 11.0. The van der Waals surface area contributed by atoms with Gasteiger partial charge in [-0.3, -0.25) is 0 Å². The average Bonchev–Trinajstić information content (AvgIpc) is 2.59. The molecule has 1 aliphatic rings. The van der Waals surface area contributed by atoms with E-state index in [2.05, 4.69) is 43.0 Å². The first-order chi connectivity index (χ1) is 8.24. The summed E-state index contributed by atoms with van der Waals surface area (Å²) in [5.41, 5.74) is 8.74. The molecule has 1 aromatic rings. The molecule has 0 saturated heterocycles. The molecule has 0 aromatic heterocycles. The molecule has 0 saturated carbocycles. The third-order valence-corrected chi connectivity index (χ3v) is 4.08. The number of fused-ring (bicyclic) bond motifs is 1. The molecule has 2 atom stereocenters. The van der Waals surface area contributed by atoms with E-state index in [9.17, 15) is 0 Å². The quantitative estimate of drug-likeness (QED) is 0.868. The van der Waals surface area contributed by atoms with Crippen molar-refractivity contribution in [2.24, 2.45) is 11.7 Å². The molecule has 94 valence electrons. The summed E-state index contributed by atoms with van der Waals surface area (Å²) in [6.45, 7) is 6.49. The van der Waals surface area contributed by atoms with Gasteiger partial charge < -0.3 is 10.6 Å². The second kappa shape index (κ2) is 5.54. The molecule has 1 heterocycles. The molecule has 1 aromatic carbocycles. The summed E-state index contributed by atoms with van der Waals surface area (Å²) in [4.78, 5) is 2.56. The number of aryl methyl sites for hydroxylation is 1. The number of hydrogen-bond donors (Lipinski definition) is 1. The Labute approximate surface area is 105 Å². The fraction of sp³-hybridized carbons (Fsp3) is 0.600. The van der Waals surface area contributed by atoms with Gasteiger partial charge in [0.25, 0.3) is 0 Å². The van der Waals surface area contributed by atoms with Crippen LogP contribution in [-0.2, 0) is 6.42 Å². The van der Waals surface area contributed by atoms with Crippen LogP contribution in [0.5, 0.6) is 0 Å². The Balaban J connectivity index is 2.28. The van der Waals surface area contributed by atoms with Crippen LogP contribution in [0.2, 0.25) is 0 Å². The summed E-state index contributed by atoms with van der Waals surface area (Å²) < 4.78 is 0. The highest BCUT2D eigenvalue weighted by atomic mass is 15.2. The Morgan fingerprint density at radius 2 is 2.00 bits per heavy atom. The standard InChI is InChI=1S/C15H24N2/c1-12(11-16)13(2)17-10-6-5-8-14-7-3-4-9-15(14)17/h3-4,7,9,12-13H,5-6,8,10-11,16H2,1-2H3. The average molecular weight is 232 g/mol. The molecular weight excluding hydrogens is 208 g/mol. The van der Waals surface area contributed by atoms with E-state index in [-0.39, 0.29) is 0 Å². The van der Waals surface area contributed by atoms with Crippen molar-refractivity contribution in [2.75, 3.05) is 18.0 Å². The van der Waals surface area contributed by atoms with Crippen molar-refractivity contribution < 1.29 is 0 Å². The summed E-state index contributed by atoms with van der Waals surface area (Å²) in [6, 6.07) is 9.36. The molecule has 2 unspecified atom stereocenters. The van der Waals surface area contributed by atoms with E-state index in [0.717, 1.165) is 6.54 Å². The van der Waals surface area contributed by atoms with Crippen molar-refractivity contribution in [3.05, 3.63) is 29.8 Å². The van der Waals surface area contributed by atoms with Gasteiger partial charge in [-0.2, -0.15) is 0 Å². The van der Waals surface area contributed by atoms with E-state index < -0.39 is 0 Å². The summed E-state index contributed by atoms with van der Waals surface area (Å²) in [7, 11) is 0. The molecule has 2 heteroatoms. The van der Waals surface area contributed by atoms with Gasteiger partial charge in [0.15, 0.2) is 0 Å². The number of nitrogens with two attached hydrogens (primary N) is 1. The minimum Gasteiger partial charge on any atom is -0.368 e. The largest absolute Gasteiger partial charge is 0.368 e. The van der Waals surface area contributed by atoms with E-state index in [1.54, 1.807) is 0 Å². The van der Waals surface area contributed by atoms with Gasteiger partial charge in [-0.05, 0) is 50.3 Å². The molecule has 0 spiro atoms. The Morgan fingerprint density at radius 3 is 2.76 bits per heavy atom. The van der Waals surface area contributed by atoms with Crippen LogP contribution in [0.4, 0.5) is 5.69 Å². The van der Waals surface area contributed by atoms with Gasteiger partial charge >= 0.3 is 0 Å². The Morgan fingerprint density at radius 1 is 1.24 bits per heavy atom. The van der Waals surface area contributed by atoms with Crippen LogP contribution in [0.1, 0.15) is 32.3 Å². The molecular formula is C15H24N2. The predicted molar refractivity (Wildman–Crippen MR) is 74.4 cm³/mol. The molecule has 17 heavy (non-hydrogen) atoms. The van der Waals surface area contributed by atoms with Crippen LogP contribution in [0.25, 0.3) is 0 Å². The van der Waals surface area contributed by atoms with Crippen molar-refractivity contribution in [1.82, 2.24) is 0 Å². The smallest absolute Gasteiger partial charge is 0.0401 e. The first-order valence-corrected chi connectivity index (χ1v) is 6.78. The number of nitrogens with zero attached hydrogens (tertiary/aromatic N) is 1. The molecule has 1 aliphatic heterocycles. The lowest BCUT2D eigenvalue weighted by molar-refractivity contribution is 0.456. The van der Waals surface area contributed by atoms with Gasteiger partial charge in [0, 0.05) is 18.3 Å². The summed E-state index contributed by atoms with van der Waals surface area (Å²) >= 11 is 0. The second-order valence-corrected chi connectivity index (χ2v) is 5.23. The normalized spacial score (nSPS) is 19.4. The summed E-state index contributed by atoms with van der Waals surface area (Å²) in [5.74, 6) is 0.543. The van der Waals surface area contributed by atoms with Crippen molar-refractivity contribution in [3.63, 3.8) is 0 Å². The predicted octanol–water partition coefficient (Wildman–Crippen LogP) is 2.81. The van der Waals surface area contributed by atoms with Crippen molar-refractivity contribution >= 4 is 5.69 Å². The maximum Gasteiger partial charge on any atom is 0.0401 e. The van der Waals surface area contributed by atoms with E-state index in [0.29, 0.717) is 12.0 Å². The first-order valence-electron chi connectivity index (χ1n) is 6.78.